The van der Waals surface area contributed by atoms with Crippen LogP contribution in [0.25, 0.3) is 0 Å². The molecule has 3 rings (SSSR count). The van der Waals surface area contributed by atoms with E-state index < -0.39 is 0 Å². The van der Waals surface area contributed by atoms with Crippen molar-refractivity contribution in [2.24, 2.45) is 0 Å². The molecule has 0 radical (unpaired) electrons. The molecule has 94 valence electrons. The second kappa shape index (κ2) is 4.94. The fourth-order valence-corrected chi connectivity index (χ4v) is 2.50. The molecule has 1 aliphatic rings. The summed E-state index contributed by atoms with van der Waals surface area (Å²) in [6.07, 6.45) is 5.11. The van der Waals surface area contributed by atoms with Crippen molar-refractivity contribution in [1.29, 1.82) is 0 Å². The summed E-state index contributed by atoms with van der Waals surface area (Å²) >= 11 is 0. The lowest BCUT2D eigenvalue weighted by atomic mass is 10.1. The van der Waals surface area contributed by atoms with E-state index in [4.69, 9.17) is 0 Å². The largest absolute Gasteiger partial charge is 0.334 e. The molecule has 1 aromatic carbocycles. The number of nitrogens with zero attached hydrogens (tertiary/aromatic N) is 2. The SMILES string of the molecule is CCn1cncc1CNC1CC1c1ccccc1. The quantitative estimate of drug-likeness (QED) is 0.872. The number of nitrogens with one attached hydrogen (secondary N) is 1. The minimum absolute atomic E-state index is 0.632. The van der Waals surface area contributed by atoms with Gasteiger partial charge in [-0.2, -0.15) is 0 Å². The lowest BCUT2D eigenvalue weighted by molar-refractivity contribution is 0.618. The van der Waals surface area contributed by atoms with E-state index in [2.05, 4.69) is 52.1 Å². The van der Waals surface area contributed by atoms with E-state index >= 15 is 0 Å². The Hall–Kier alpha value is -1.61. The predicted molar refractivity (Wildman–Crippen MR) is 72.3 cm³/mol. The van der Waals surface area contributed by atoms with Crippen LogP contribution in [0.2, 0.25) is 0 Å². The molecule has 18 heavy (non-hydrogen) atoms. The fourth-order valence-electron chi connectivity index (χ4n) is 2.50. The van der Waals surface area contributed by atoms with Gasteiger partial charge in [0.25, 0.3) is 0 Å². The first kappa shape index (κ1) is 11.5. The van der Waals surface area contributed by atoms with Crippen molar-refractivity contribution in [1.82, 2.24) is 14.9 Å². The van der Waals surface area contributed by atoms with Crippen LogP contribution in [0.5, 0.6) is 0 Å². The molecule has 3 nitrogen and oxygen atoms in total. The normalized spacial score (nSPS) is 22.1. The molecule has 1 aromatic heterocycles. The van der Waals surface area contributed by atoms with Crippen LogP contribution in [0.4, 0.5) is 0 Å². The van der Waals surface area contributed by atoms with Crippen molar-refractivity contribution in [2.75, 3.05) is 0 Å². The van der Waals surface area contributed by atoms with E-state index in [1.54, 1.807) is 0 Å². The van der Waals surface area contributed by atoms with Crippen LogP contribution in [0, 0.1) is 0 Å². The van der Waals surface area contributed by atoms with Crippen molar-refractivity contribution in [3.05, 3.63) is 54.1 Å². The van der Waals surface area contributed by atoms with Gasteiger partial charge in [-0.15, -0.1) is 0 Å². The summed E-state index contributed by atoms with van der Waals surface area (Å²) in [5.41, 5.74) is 2.73. The summed E-state index contributed by atoms with van der Waals surface area (Å²) in [4.78, 5) is 4.19. The molecule has 2 unspecified atom stereocenters. The van der Waals surface area contributed by atoms with E-state index in [9.17, 15) is 0 Å². The Labute approximate surface area is 108 Å². The second-order valence-corrected chi connectivity index (χ2v) is 4.91. The van der Waals surface area contributed by atoms with Crippen molar-refractivity contribution in [3.63, 3.8) is 0 Å². The van der Waals surface area contributed by atoms with E-state index in [-0.39, 0.29) is 0 Å². The Morgan fingerprint density at radius 1 is 1.33 bits per heavy atom. The molecule has 2 aromatic rings. The van der Waals surface area contributed by atoms with Crippen molar-refractivity contribution < 1.29 is 0 Å². The maximum Gasteiger partial charge on any atom is 0.0948 e. The third-order valence-corrected chi connectivity index (χ3v) is 3.70. The monoisotopic (exact) mass is 241 g/mol. The van der Waals surface area contributed by atoms with Crippen LogP contribution in [-0.2, 0) is 13.1 Å². The first-order chi connectivity index (χ1) is 8.88. The zero-order valence-corrected chi connectivity index (χ0v) is 10.7. The summed E-state index contributed by atoms with van der Waals surface area (Å²) in [6.45, 7) is 4.06. The minimum Gasteiger partial charge on any atom is -0.334 e. The molecular formula is C15H19N3. The molecule has 1 N–H and O–H groups in total. The molecule has 1 saturated carbocycles. The third kappa shape index (κ3) is 2.31. The molecule has 0 bridgehead atoms. The zero-order valence-electron chi connectivity index (χ0n) is 10.7. The topological polar surface area (TPSA) is 29.9 Å². The molecular weight excluding hydrogens is 222 g/mol. The van der Waals surface area contributed by atoms with Gasteiger partial charge in [-0.1, -0.05) is 30.3 Å². The van der Waals surface area contributed by atoms with Crippen LogP contribution >= 0.6 is 0 Å². The maximum atomic E-state index is 4.19. The highest BCUT2D eigenvalue weighted by Crippen LogP contribution is 2.40. The highest BCUT2D eigenvalue weighted by Gasteiger charge is 2.37. The lowest BCUT2D eigenvalue weighted by Gasteiger charge is -2.06. The summed E-state index contributed by atoms with van der Waals surface area (Å²) in [5, 5.41) is 3.62. The Kier molecular flexibility index (Phi) is 3.15. The van der Waals surface area contributed by atoms with Crippen LogP contribution < -0.4 is 5.32 Å². The van der Waals surface area contributed by atoms with Crippen LogP contribution in [0.15, 0.2) is 42.9 Å². The number of aromatic nitrogens is 2. The predicted octanol–water partition coefficient (Wildman–Crippen LogP) is 2.55. The summed E-state index contributed by atoms with van der Waals surface area (Å²) in [7, 11) is 0. The van der Waals surface area contributed by atoms with E-state index in [1.165, 1.54) is 17.7 Å². The minimum atomic E-state index is 0.632. The average molecular weight is 241 g/mol. The molecule has 2 atom stereocenters. The molecule has 0 amide bonds. The molecule has 0 saturated heterocycles. The van der Waals surface area contributed by atoms with Gasteiger partial charge in [0.2, 0.25) is 0 Å². The van der Waals surface area contributed by atoms with Crippen LogP contribution in [-0.4, -0.2) is 15.6 Å². The Morgan fingerprint density at radius 3 is 2.94 bits per heavy atom. The van der Waals surface area contributed by atoms with E-state index in [0.29, 0.717) is 12.0 Å². The van der Waals surface area contributed by atoms with Gasteiger partial charge in [-0.25, -0.2) is 4.98 Å². The highest BCUT2D eigenvalue weighted by atomic mass is 15.1. The van der Waals surface area contributed by atoms with Crippen molar-refractivity contribution in [2.45, 2.75) is 38.4 Å². The smallest absolute Gasteiger partial charge is 0.0948 e. The van der Waals surface area contributed by atoms with Gasteiger partial charge in [0.15, 0.2) is 0 Å². The molecule has 3 heteroatoms. The Bertz CT molecular complexity index is 503. The number of rotatable bonds is 5. The number of hydrogen-bond donors (Lipinski definition) is 1. The number of imidazole rings is 1. The molecule has 0 spiro atoms. The van der Waals surface area contributed by atoms with Crippen LogP contribution in [0.1, 0.15) is 30.5 Å². The van der Waals surface area contributed by atoms with Gasteiger partial charge in [-0.05, 0) is 18.9 Å². The van der Waals surface area contributed by atoms with Gasteiger partial charge in [0.1, 0.15) is 0 Å². The first-order valence-electron chi connectivity index (χ1n) is 6.66. The first-order valence-corrected chi connectivity index (χ1v) is 6.66. The summed E-state index contributed by atoms with van der Waals surface area (Å²) < 4.78 is 2.19. The molecule has 1 heterocycles. The Morgan fingerprint density at radius 2 is 2.17 bits per heavy atom. The third-order valence-electron chi connectivity index (χ3n) is 3.70. The van der Waals surface area contributed by atoms with E-state index in [0.717, 1.165) is 13.1 Å². The average Bonchev–Trinajstić information content (AvgIpc) is 3.06. The van der Waals surface area contributed by atoms with Gasteiger partial charge in [-0.3, -0.25) is 0 Å². The fraction of sp³-hybridized carbons (Fsp3) is 0.400. The summed E-state index contributed by atoms with van der Waals surface area (Å²) in [5.74, 6) is 0.698. The standard InChI is InChI=1S/C15H19N3/c1-2-18-11-16-9-13(18)10-17-15-8-14(15)12-6-4-3-5-7-12/h3-7,9,11,14-15,17H,2,8,10H2,1H3. The zero-order chi connectivity index (χ0) is 12.4. The number of benzene rings is 1. The molecule has 1 aliphatic carbocycles. The van der Waals surface area contributed by atoms with Gasteiger partial charge < -0.3 is 9.88 Å². The highest BCUT2D eigenvalue weighted by molar-refractivity contribution is 5.27. The van der Waals surface area contributed by atoms with Gasteiger partial charge in [0, 0.05) is 31.2 Å². The van der Waals surface area contributed by atoms with Crippen molar-refractivity contribution in [3.8, 4) is 0 Å². The van der Waals surface area contributed by atoms with E-state index in [1.807, 2.05) is 12.5 Å². The maximum absolute atomic E-state index is 4.19. The van der Waals surface area contributed by atoms with Crippen molar-refractivity contribution >= 4 is 0 Å². The van der Waals surface area contributed by atoms with Gasteiger partial charge >= 0.3 is 0 Å². The molecule has 1 fully saturated rings. The van der Waals surface area contributed by atoms with Gasteiger partial charge in [0.05, 0.1) is 12.0 Å². The second-order valence-electron chi connectivity index (χ2n) is 4.91. The Balaban J connectivity index is 1.55. The number of hydrogen-bond acceptors (Lipinski definition) is 2. The molecule has 0 aliphatic heterocycles. The summed E-state index contributed by atoms with van der Waals surface area (Å²) in [6, 6.07) is 11.4. The van der Waals surface area contributed by atoms with Crippen LogP contribution in [0.3, 0.4) is 0 Å². The lowest BCUT2D eigenvalue weighted by Crippen LogP contribution is -2.19. The number of aryl methyl sites for hydroxylation is 1.